The van der Waals surface area contributed by atoms with Crippen LogP contribution in [0.4, 0.5) is 10.2 Å². The van der Waals surface area contributed by atoms with Crippen LogP contribution in [-0.2, 0) is 14.9 Å². The second kappa shape index (κ2) is 9.89. The molecule has 8 nitrogen and oxygen atoms in total. The molecule has 1 fully saturated rings. The third-order valence-corrected chi connectivity index (χ3v) is 7.22. The highest BCUT2D eigenvalue weighted by Crippen LogP contribution is 2.46. The highest BCUT2D eigenvalue weighted by atomic mass is 19.1. The molecule has 0 spiro atoms. The number of hydrogen-bond acceptors (Lipinski definition) is 6. The summed E-state index contributed by atoms with van der Waals surface area (Å²) in [5, 5.41) is 17.4. The standard InChI is InChI=1S/C27H33FN4O4/c1-27(2,14-35-3)24-22(15-5-7-16(8-6-15)26(33)34)23-20(11-17(13-29)25(30)31-23)32(24)18-9-10-19(28)21(12-18)36-4/h9-13,15-16,29H,5-8,14H2,1-4H3,(H2,30,31)(H,33,34)/t15-,16-. The molecule has 0 unspecified atom stereocenters. The Hall–Kier alpha value is -3.46. The van der Waals surface area contributed by atoms with Crippen LogP contribution >= 0.6 is 0 Å². The zero-order valence-corrected chi connectivity index (χ0v) is 21.1. The lowest BCUT2D eigenvalue weighted by molar-refractivity contribution is -0.142. The van der Waals surface area contributed by atoms with Crippen molar-refractivity contribution in [3.8, 4) is 11.4 Å². The topological polar surface area (TPSA) is 123 Å². The van der Waals surface area contributed by atoms with E-state index in [9.17, 15) is 14.3 Å². The van der Waals surface area contributed by atoms with Crippen molar-refractivity contribution in [3.63, 3.8) is 0 Å². The Bertz CT molecular complexity index is 1310. The van der Waals surface area contributed by atoms with Gasteiger partial charge >= 0.3 is 5.97 Å². The lowest BCUT2D eigenvalue weighted by Gasteiger charge is -2.32. The number of methoxy groups -OCH3 is 2. The normalized spacial score (nSPS) is 18.4. The summed E-state index contributed by atoms with van der Waals surface area (Å²) in [7, 11) is 3.07. The molecule has 2 aromatic heterocycles. The first-order valence-electron chi connectivity index (χ1n) is 12.0. The summed E-state index contributed by atoms with van der Waals surface area (Å²) in [6.45, 7) is 4.57. The number of nitrogens with two attached hydrogens (primary N) is 1. The Labute approximate surface area is 209 Å². The van der Waals surface area contributed by atoms with E-state index < -0.39 is 17.2 Å². The van der Waals surface area contributed by atoms with Gasteiger partial charge in [-0.15, -0.1) is 0 Å². The van der Waals surface area contributed by atoms with Gasteiger partial charge in [0.05, 0.1) is 30.7 Å². The average Bonchev–Trinajstić information content (AvgIpc) is 3.18. The second-order valence-corrected chi connectivity index (χ2v) is 10.1. The van der Waals surface area contributed by atoms with Crippen LogP contribution in [0, 0.1) is 17.1 Å². The molecular formula is C27H33FN4O4. The summed E-state index contributed by atoms with van der Waals surface area (Å²) in [5.74, 6) is -1.14. The number of fused-ring (bicyclic) bond motifs is 1. The SMILES string of the molecule is COCC(C)(C)c1c([C@H]2CC[C@H](C(=O)O)CC2)c2nc(N)c(C=N)cc2n1-c1ccc(F)c(OC)c1. The Balaban J connectivity index is 2.07. The van der Waals surface area contributed by atoms with E-state index in [2.05, 4.69) is 13.8 Å². The van der Waals surface area contributed by atoms with Gasteiger partial charge in [0.25, 0.3) is 0 Å². The van der Waals surface area contributed by atoms with E-state index in [0.717, 1.165) is 16.8 Å². The van der Waals surface area contributed by atoms with E-state index in [1.807, 2.05) is 10.6 Å². The molecule has 2 heterocycles. The minimum absolute atomic E-state index is 0.0653. The fourth-order valence-electron chi connectivity index (χ4n) is 5.54. The number of rotatable bonds is 8. The largest absolute Gasteiger partial charge is 0.494 e. The van der Waals surface area contributed by atoms with Gasteiger partial charge in [-0.25, -0.2) is 9.37 Å². The van der Waals surface area contributed by atoms with Crippen LogP contribution in [0.3, 0.4) is 0 Å². The van der Waals surface area contributed by atoms with Crippen LogP contribution in [0.5, 0.6) is 5.75 Å². The Morgan fingerprint density at radius 1 is 1.28 bits per heavy atom. The number of carboxylic acids is 1. The molecule has 4 N–H and O–H groups in total. The fraction of sp³-hybridized carbons (Fsp3) is 0.444. The van der Waals surface area contributed by atoms with Crippen molar-refractivity contribution in [1.29, 1.82) is 5.41 Å². The third-order valence-electron chi connectivity index (χ3n) is 7.22. The number of aliphatic carboxylic acids is 1. The number of aromatic nitrogens is 2. The number of benzene rings is 1. The van der Waals surface area contributed by atoms with Crippen LogP contribution in [0.2, 0.25) is 0 Å². The summed E-state index contributed by atoms with van der Waals surface area (Å²) in [4.78, 5) is 16.4. The van der Waals surface area contributed by atoms with Gasteiger partial charge in [-0.1, -0.05) is 13.8 Å². The first kappa shape index (κ1) is 25.6. The van der Waals surface area contributed by atoms with Gasteiger partial charge in [0.1, 0.15) is 5.82 Å². The van der Waals surface area contributed by atoms with Crippen molar-refractivity contribution in [2.45, 2.75) is 50.9 Å². The molecule has 0 saturated heterocycles. The highest BCUT2D eigenvalue weighted by Gasteiger charge is 2.37. The number of pyridine rings is 1. The minimum atomic E-state index is -0.757. The van der Waals surface area contributed by atoms with E-state index in [0.29, 0.717) is 49.1 Å². The summed E-state index contributed by atoms with van der Waals surface area (Å²) < 4.78 is 27.3. The van der Waals surface area contributed by atoms with Gasteiger partial charge in [-0.3, -0.25) is 4.79 Å². The Morgan fingerprint density at radius 3 is 2.56 bits per heavy atom. The number of nitrogens with zero attached hydrogens (tertiary/aromatic N) is 2. The molecule has 192 valence electrons. The molecule has 3 aromatic rings. The molecule has 0 amide bonds. The van der Waals surface area contributed by atoms with Crippen LogP contribution < -0.4 is 10.5 Å². The van der Waals surface area contributed by atoms with Gasteiger partial charge in [-0.2, -0.15) is 0 Å². The predicted molar refractivity (Wildman–Crippen MR) is 137 cm³/mol. The average molecular weight is 497 g/mol. The van der Waals surface area contributed by atoms with Crippen molar-refractivity contribution in [1.82, 2.24) is 9.55 Å². The maximum Gasteiger partial charge on any atom is 0.306 e. The summed E-state index contributed by atoms with van der Waals surface area (Å²) in [6.07, 6.45) is 3.73. The molecule has 1 aliphatic carbocycles. The maximum absolute atomic E-state index is 14.4. The lowest BCUT2D eigenvalue weighted by atomic mass is 9.75. The molecule has 0 radical (unpaired) electrons. The second-order valence-electron chi connectivity index (χ2n) is 10.1. The van der Waals surface area contributed by atoms with Crippen LogP contribution in [-0.4, -0.2) is 47.7 Å². The quantitative estimate of drug-likeness (QED) is 0.376. The van der Waals surface area contributed by atoms with Crippen LogP contribution in [0.25, 0.3) is 16.7 Å². The highest BCUT2D eigenvalue weighted by molar-refractivity contribution is 5.94. The monoisotopic (exact) mass is 496 g/mol. The van der Waals surface area contributed by atoms with E-state index in [-0.39, 0.29) is 23.4 Å². The molecule has 9 heteroatoms. The van der Waals surface area contributed by atoms with Crippen molar-refractivity contribution in [2.75, 3.05) is 26.6 Å². The number of nitrogen functional groups attached to an aromatic ring is 1. The molecule has 1 aliphatic rings. The van der Waals surface area contributed by atoms with Crippen LogP contribution in [0.1, 0.15) is 62.3 Å². The summed E-state index contributed by atoms with van der Waals surface area (Å²) in [5.41, 5.74) is 10.3. The van der Waals surface area contributed by atoms with Gasteiger partial charge in [0.15, 0.2) is 11.6 Å². The predicted octanol–water partition coefficient (Wildman–Crippen LogP) is 5.04. The number of nitrogens with one attached hydrogen (secondary N) is 1. The minimum Gasteiger partial charge on any atom is -0.494 e. The van der Waals surface area contributed by atoms with Crippen LogP contribution in [0.15, 0.2) is 24.3 Å². The smallest absolute Gasteiger partial charge is 0.306 e. The van der Waals surface area contributed by atoms with Crippen molar-refractivity contribution in [3.05, 3.63) is 46.9 Å². The first-order valence-corrected chi connectivity index (χ1v) is 12.0. The van der Waals surface area contributed by atoms with Crippen molar-refractivity contribution < 1.29 is 23.8 Å². The van der Waals surface area contributed by atoms with Gasteiger partial charge in [0, 0.05) is 47.3 Å². The number of anilines is 1. The molecular weight excluding hydrogens is 463 g/mol. The molecule has 0 atom stereocenters. The molecule has 1 aromatic carbocycles. The zero-order chi connectivity index (χ0) is 26.2. The Kier molecular flexibility index (Phi) is 7.04. The number of carboxylic acid groups (broad SMARTS) is 1. The molecule has 4 rings (SSSR count). The van der Waals surface area contributed by atoms with E-state index in [1.54, 1.807) is 19.2 Å². The molecule has 0 bridgehead atoms. The molecule has 1 saturated carbocycles. The van der Waals surface area contributed by atoms with E-state index >= 15 is 0 Å². The first-order chi connectivity index (χ1) is 17.1. The Morgan fingerprint density at radius 2 is 1.97 bits per heavy atom. The van der Waals surface area contributed by atoms with E-state index in [1.165, 1.54) is 19.4 Å². The summed E-state index contributed by atoms with van der Waals surface area (Å²) in [6, 6.07) is 6.54. The summed E-state index contributed by atoms with van der Waals surface area (Å²) >= 11 is 0. The van der Waals surface area contributed by atoms with Gasteiger partial charge < -0.3 is 30.3 Å². The van der Waals surface area contributed by atoms with Crippen molar-refractivity contribution in [2.24, 2.45) is 5.92 Å². The van der Waals surface area contributed by atoms with Gasteiger partial charge in [0.2, 0.25) is 0 Å². The zero-order valence-electron chi connectivity index (χ0n) is 21.1. The molecule has 0 aliphatic heterocycles. The molecule has 36 heavy (non-hydrogen) atoms. The van der Waals surface area contributed by atoms with Gasteiger partial charge in [-0.05, 0) is 49.8 Å². The fourth-order valence-corrected chi connectivity index (χ4v) is 5.54. The number of ether oxygens (including phenoxy) is 2. The third kappa shape index (κ3) is 4.43. The lowest BCUT2D eigenvalue weighted by Crippen LogP contribution is -2.29. The maximum atomic E-state index is 14.4. The number of hydrogen-bond donors (Lipinski definition) is 3. The van der Waals surface area contributed by atoms with Crippen molar-refractivity contribution >= 4 is 29.0 Å². The van der Waals surface area contributed by atoms with E-state index in [4.69, 9.17) is 25.6 Å². The number of carbonyl (C=O) groups is 1. The number of halogens is 1.